The predicted octanol–water partition coefficient (Wildman–Crippen LogP) is 5.20. The molecule has 1 aliphatic heterocycles. The minimum Gasteiger partial charge on any atom is -0.477 e. The third-order valence-electron chi connectivity index (χ3n) is 5.10. The Kier molecular flexibility index (Phi) is 4.32. The van der Waals surface area contributed by atoms with Gasteiger partial charge in [-0.25, -0.2) is 4.79 Å². The number of fused-ring (bicyclic) bond motifs is 1. The lowest BCUT2D eigenvalue weighted by Crippen LogP contribution is -2.22. The van der Waals surface area contributed by atoms with Gasteiger partial charge in [-0.15, -0.1) is 11.3 Å². The summed E-state index contributed by atoms with van der Waals surface area (Å²) < 4.78 is 0. The lowest BCUT2D eigenvalue weighted by molar-refractivity contribution is -0.116. The number of rotatable bonds is 3. The monoisotopic (exact) mass is 377 g/mol. The van der Waals surface area contributed by atoms with Crippen LogP contribution in [0.3, 0.4) is 0 Å². The van der Waals surface area contributed by atoms with Crippen LogP contribution >= 0.6 is 11.3 Å². The van der Waals surface area contributed by atoms with Gasteiger partial charge in [-0.3, -0.25) is 4.79 Å². The number of carboxylic acids is 1. The maximum absolute atomic E-state index is 12.5. The van der Waals surface area contributed by atoms with E-state index in [0.29, 0.717) is 17.7 Å². The van der Waals surface area contributed by atoms with Crippen molar-refractivity contribution in [1.29, 1.82) is 0 Å². The van der Waals surface area contributed by atoms with Crippen LogP contribution in [0.5, 0.6) is 0 Å². The molecule has 0 fully saturated rings. The molecule has 2 heterocycles. The van der Waals surface area contributed by atoms with Crippen molar-refractivity contribution in [3.63, 3.8) is 0 Å². The Hall–Kier alpha value is -2.92. The SMILES string of the molecule is Cc1ccc(C2CC(=O)Nc3c2sc(C(=O)O)c3-c2ccccc2)cc1C. The highest BCUT2D eigenvalue weighted by molar-refractivity contribution is 7.15. The third kappa shape index (κ3) is 3.04. The fourth-order valence-corrected chi connectivity index (χ4v) is 4.81. The molecule has 2 aromatic carbocycles. The maximum atomic E-state index is 12.5. The van der Waals surface area contributed by atoms with Gasteiger partial charge in [0.1, 0.15) is 4.88 Å². The zero-order valence-electron chi connectivity index (χ0n) is 15.1. The Bertz CT molecular complexity index is 1050. The molecule has 5 heteroatoms. The molecule has 1 unspecified atom stereocenters. The summed E-state index contributed by atoms with van der Waals surface area (Å²) in [7, 11) is 0. The van der Waals surface area contributed by atoms with E-state index in [0.717, 1.165) is 16.0 Å². The molecule has 3 aromatic rings. The average molecular weight is 377 g/mol. The van der Waals surface area contributed by atoms with Crippen molar-refractivity contribution in [2.45, 2.75) is 26.2 Å². The van der Waals surface area contributed by atoms with Crippen molar-refractivity contribution in [3.8, 4) is 11.1 Å². The number of aryl methyl sites for hydroxylation is 2. The Morgan fingerprint density at radius 1 is 1.11 bits per heavy atom. The summed E-state index contributed by atoms with van der Waals surface area (Å²) in [6, 6.07) is 15.6. The van der Waals surface area contributed by atoms with Crippen molar-refractivity contribution in [3.05, 3.63) is 75.0 Å². The van der Waals surface area contributed by atoms with Crippen LogP contribution in [0.15, 0.2) is 48.5 Å². The van der Waals surface area contributed by atoms with Gasteiger partial charge < -0.3 is 10.4 Å². The summed E-state index contributed by atoms with van der Waals surface area (Å²) in [5, 5.41) is 12.7. The summed E-state index contributed by atoms with van der Waals surface area (Å²) in [5.74, 6) is -1.19. The van der Waals surface area contributed by atoms with E-state index < -0.39 is 5.97 Å². The lowest BCUT2D eigenvalue weighted by atomic mass is 9.87. The predicted molar refractivity (Wildman–Crippen MR) is 108 cm³/mol. The fourth-order valence-electron chi connectivity index (χ4n) is 3.57. The van der Waals surface area contributed by atoms with Gasteiger partial charge in [0.25, 0.3) is 0 Å². The number of aromatic carboxylic acids is 1. The van der Waals surface area contributed by atoms with Gasteiger partial charge in [0, 0.05) is 22.8 Å². The topological polar surface area (TPSA) is 66.4 Å². The molecule has 0 saturated heterocycles. The molecule has 0 aliphatic carbocycles. The van der Waals surface area contributed by atoms with Gasteiger partial charge in [-0.1, -0.05) is 48.5 Å². The molecule has 0 spiro atoms. The molecule has 136 valence electrons. The number of benzene rings is 2. The zero-order chi connectivity index (χ0) is 19.1. The number of carboxylic acid groups (broad SMARTS) is 1. The van der Waals surface area contributed by atoms with Crippen molar-refractivity contribution in [1.82, 2.24) is 0 Å². The fraction of sp³-hybridized carbons (Fsp3) is 0.182. The van der Waals surface area contributed by atoms with Gasteiger partial charge in [0.2, 0.25) is 5.91 Å². The summed E-state index contributed by atoms with van der Waals surface area (Å²) in [5.41, 5.74) is 5.45. The van der Waals surface area contributed by atoms with Crippen LogP contribution in [0.25, 0.3) is 11.1 Å². The standard InChI is InChI=1S/C22H19NO3S/c1-12-8-9-15(10-13(12)2)16-11-17(24)23-19-18(14-6-4-3-5-7-14)21(22(25)26)27-20(16)19/h3-10,16H,11H2,1-2H3,(H,23,24)(H,25,26). The van der Waals surface area contributed by atoms with Gasteiger partial charge in [0.05, 0.1) is 5.69 Å². The van der Waals surface area contributed by atoms with Crippen LogP contribution in [-0.4, -0.2) is 17.0 Å². The maximum Gasteiger partial charge on any atom is 0.346 e. The van der Waals surface area contributed by atoms with Crippen LogP contribution in [0.4, 0.5) is 5.69 Å². The lowest BCUT2D eigenvalue weighted by Gasteiger charge is -2.24. The van der Waals surface area contributed by atoms with Crippen molar-refractivity contribution in [2.24, 2.45) is 0 Å². The highest BCUT2D eigenvalue weighted by atomic mass is 32.1. The van der Waals surface area contributed by atoms with E-state index in [-0.39, 0.29) is 16.7 Å². The molecule has 1 aliphatic rings. The van der Waals surface area contributed by atoms with Crippen molar-refractivity contribution in [2.75, 3.05) is 5.32 Å². The minimum atomic E-state index is -0.971. The van der Waals surface area contributed by atoms with Crippen LogP contribution in [0.1, 0.15) is 43.6 Å². The number of carbonyl (C=O) groups excluding carboxylic acids is 1. The number of nitrogens with one attached hydrogen (secondary N) is 1. The van der Waals surface area contributed by atoms with Gasteiger partial charge in [-0.05, 0) is 36.1 Å². The molecule has 4 nitrogen and oxygen atoms in total. The van der Waals surface area contributed by atoms with Crippen molar-refractivity contribution >= 4 is 28.9 Å². The Morgan fingerprint density at radius 3 is 2.52 bits per heavy atom. The van der Waals surface area contributed by atoms with E-state index in [1.165, 1.54) is 22.5 Å². The summed E-state index contributed by atoms with van der Waals surface area (Å²) in [6.07, 6.45) is 0.323. The second-order valence-electron chi connectivity index (χ2n) is 6.87. The van der Waals surface area contributed by atoms with Crippen molar-refractivity contribution < 1.29 is 14.7 Å². The largest absolute Gasteiger partial charge is 0.477 e. The molecule has 27 heavy (non-hydrogen) atoms. The normalized spacial score (nSPS) is 15.9. The molecule has 0 bridgehead atoms. The second kappa shape index (κ2) is 6.67. The number of carbonyl (C=O) groups is 2. The first-order valence-electron chi connectivity index (χ1n) is 8.78. The van der Waals surface area contributed by atoms with Crippen LogP contribution in [-0.2, 0) is 4.79 Å². The molecular formula is C22H19NO3S. The number of amides is 1. The molecule has 1 amide bonds. The van der Waals surface area contributed by atoms with Crippen LogP contribution in [0, 0.1) is 13.8 Å². The Morgan fingerprint density at radius 2 is 1.85 bits per heavy atom. The summed E-state index contributed by atoms with van der Waals surface area (Å²) in [6.45, 7) is 4.11. The molecule has 2 N–H and O–H groups in total. The number of anilines is 1. The quantitative estimate of drug-likeness (QED) is 0.659. The molecule has 4 rings (SSSR count). The summed E-state index contributed by atoms with van der Waals surface area (Å²) in [4.78, 5) is 25.6. The first-order valence-corrected chi connectivity index (χ1v) is 9.59. The molecular weight excluding hydrogens is 358 g/mol. The highest BCUT2D eigenvalue weighted by Crippen LogP contribution is 2.49. The molecule has 1 atom stereocenters. The molecule has 1 aromatic heterocycles. The number of thiophene rings is 1. The first-order chi connectivity index (χ1) is 13.0. The van der Waals surface area contributed by atoms with E-state index in [9.17, 15) is 14.7 Å². The minimum absolute atomic E-state index is 0.0855. The van der Waals surface area contributed by atoms with Gasteiger partial charge in [-0.2, -0.15) is 0 Å². The number of hydrogen-bond acceptors (Lipinski definition) is 3. The highest BCUT2D eigenvalue weighted by Gasteiger charge is 2.34. The molecule has 0 saturated carbocycles. The average Bonchev–Trinajstić information content (AvgIpc) is 3.03. The van der Waals surface area contributed by atoms with Crippen LogP contribution in [0.2, 0.25) is 0 Å². The van der Waals surface area contributed by atoms with Crippen LogP contribution < -0.4 is 5.32 Å². The zero-order valence-corrected chi connectivity index (χ0v) is 15.9. The van der Waals surface area contributed by atoms with E-state index in [2.05, 4.69) is 31.3 Å². The van der Waals surface area contributed by atoms with Gasteiger partial charge >= 0.3 is 5.97 Å². The molecule has 0 radical (unpaired) electrons. The smallest absolute Gasteiger partial charge is 0.346 e. The van der Waals surface area contributed by atoms with E-state index in [1.54, 1.807) is 0 Å². The summed E-state index contributed by atoms with van der Waals surface area (Å²) >= 11 is 1.27. The Labute approximate surface area is 161 Å². The third-order valence-corrected chi connectivity index (χ3v) is 6.39. The Balaban J connectivity index is 1.94. The first kappa shape index (κ1) is 17.5. The van der Waals surface area contributed by atoms with E-state index in [1.807, 2.05) is 36.4 Å². The van der Waals surface area contributed by atoms with E-state index >= 15 is 0 Å². The number of hydrogen-bond donors (Lipinski definition) is 2. The van der Waals surface area contributed by atoms with Gasteiger partial charge in [0.15, 0.2) is 0 Å². The van der Waals surface area contributed by atoms with E-state index in [4.69, 9.17) is 0 Å². The second-order valence-corrected chi connectivity index (χ2v) is 7.92.